The van der Waals surface area contributed by atoms with Crippen LogP contribution < -0.4 is 5.73 Å². The largest absolute Gasteiger partial charge is 0.396 e. The number of nitrogen functional groups attached to an aromatic ring is 1. The van der Waals surface area contributed by atoms with Gasteiger partial charge in [-0.15, -0.1) is 10.2 Å². The van der Waals surface area contributed by atoms with Crippen LogP contribution in [-0.2, 0) is 0 Å². The van der Waals surface area contributed by atoms with Gasteiger partial charge in [0.2, 0.25) is 5.95 Å². The van der Waals surface area contributed by atoms with Gasteiger partial charge in [0.05, 0.1) is 17.6 Å². The minimum atomic E-state index is 0.525. The van der Waals surface area contributed by atoms with E-state index in [2.05, 4.69) is 20.2 Å². The zero-order chi connectivity index (χ0) is 9.26. The van der Waals surface area contributed by atoms with Crippen LogP contribution in [0.4, 0.5) is 5.69 Å². The molecule has 0 aliphatic heterocycles. The Balaban J connectivity index is 2.49. The van der Waals surface area contributed by atoms with Gasteiger partial charge in [0.25, 0.3) is 0 Å². The van der Waals surface area contributed by atoms with E-state index in [1.165, 1.54) is 12.7 Å². The number of nitrogens with two attached hydrogens (primary N) is 1. The molecule has 66 valence electrons. The van der Waals surface area contributed by atoms with Gasteiger partial charge >= 0.3 is 0 Å². The predicted molar refractivity (Wildman–Crippen MR) is 46.1 cm³/mol. The quantitative estimate of drug-likeness (QED) is 0.658. The lowest BCUT2D eigenvalue weighted by Crippen LogP contribution is -2.02. The monoisotopic (exact) mass is 176 g/mol. The summed E-state index contributed by atoms with van der Waals surface area (Å²) in [5, 5.41) is 7.30. The molecule has 0 aliphatic carbocycles. The summed E-state index contributed by atoms with van der Waals surface area (Å²) in [6, 6.07) is 0. The van der Waals surface area contributed by atoms with Crippen molar-refractivity contribution in [2.75, 3.05) is 5.73 Å². The molecular formula is C7H8N6. The normalized spacial score (nSPS) is 10.2. The minimum Gasteiger partial charge on any atom is -0.396 e. The topological polar surface area (TPSA) is 82.5 Å². The highest BCUT2D eigenvalue weighted by atomic mass is 15.3. The molecule has 2 aromatic heterocycles. The molecular weight excluding hydrogens is 168 g/mol. The zero-order valence-electron chi connectivity index (χ0n) is 7.05. The fourth-order valence-corrected chi connectivity index (χ4v) is 0.893. The summed E-state index contributed by atoms with van der Waals surface area (Å²) in [6.07, 6.45) is 4.63. The maximum atomic E-state index is 5.58. The molecule has 0 fully saturated rings. The van der Waals surface area contributed by atoms with Gasteiger partial charge in [-0.3, -0.25) is 4.57 Å². The molecule has 2 aromatic rings. The van der Waals surface area contributed by atoms with Crippen LogP contribution in [0, 0.1) is 6.92 Å². The molecule has 0 aliphatic rings. The van der Waals surface area contributed by atoms with Crippen molar-refractivity contribution in [1.29, 1.82) is 0 Å². The molecule has 0 radical (unpaired) electrons. The summed E-state index contributed by atoms with van der Waals surface area (Å²) in [5.41, 5.74) is 6.91. The second-order valence-corrected chi connectivity index (χ2v) is 2.58. The first-order valence-electron chi connectivity index (χ1n) is 3.71. The average Bonchev–Trinajstić information content (AvgIpc) is 2.62. The van der Waals surface area contributed by atoms with E-state index < -0.39 is 0 Å². The third-order valence-electron chi connectivity index (χ3n) is 1.65. The third kappa shape index (κ3) is 1.33. The lowest BCUT2D eigenvalue weighted by Gasteiger charge is -2.01. The van der Waals surface area contributed by atoms with Crippen molar-refractivity contribution in [3.63, 3.8) is 0 Å². The Hall–Kier alpha value is -1.98. The first-order chi connectivity index (χ1) is 6.27. The highest BCUT2D eigenvalue weighted by Crippen LogP contribution is 2.06. The van der Waals surface area contributed by atoms with Gasteiger partial charge in [0.1, 0.15) is 12.7 Å². The summed E-state index contributed by atoms with van der Waals surface area (Å²) in [6.45, 7) is 1.82. The third-order valence-corrected chi connectivity index (χ3v) is 1.65. The van der Waals surface area contributed by atoms with Crippen molar-refractivity contribution < 1.29 is 0 Å². The fraction of sp³-hybridized carbons (Fsp3) is 0.143. The van der Waals surface area contributed by atoms with Gasteiger partial charge in [-0.2, -0.15) is 0 Å². The van der Waals surface area contributed by atoms with Gasteiger partial charge in [-0.25, -0.2) is 9.97 Å². The van der Waals surface area contributed by atoms with Crippen LogP contribution in [-0.4, -0.2) is 24.7 Å². The van der Waals surface area contributed by atoms with Crippen LogP contribution >= 0.6 is 0 Å². The zero-order valence-corrected chi connectivity index (χ0v) is 7.05. The van der Waals surface area contributed by atoms with Crippen molar-refractivity contribution in [2.45, 2.75) is 6.92 Å². The minimum absolute atomic E-state index is 0.525. The molecule has 0 atom stereocenters. The van der Waals surface area contributed by atoms with E-state index in [9.17, 15) is 0 Å². The Kier molecular flexibility index (Phi) is 1.66. The molecule has 0 spiro atoms. The maximum absolute atomic E-state index is 5.58. The molecule has 2 heterocycles. The molecule has 0 unspecified atom stereocenters. The summed E-state index contributed by atoms with van der Waals surface area (Å²) >= 11 is 0. The van der Waals surface area contributed by atoms with Gasteiger partial charge < -0.3 is 5.73 Å². The average molecular weight is 176 g/mol. The van der Waals surface area contributed by atoms with Crippen molar-refractivity contribution in [1.82, 2.24) is 24.7 Å². The lowest BCUT2D eigenvalue weighted by molar-refractivity contribution is 0.910. The SMILES string of the molecule is Cc1nc(-n2cnnc2)ncc1N. The van der Waals surface area contributed by atoms with Crippen LogP contribution in [0.15, 0.2) is 18.9 Å². The Morgan fingerprint density at radius 2 is 2.00 bits per heavy atom. The van der Waals surface area contributed by atoms with Crippen LogP contribution in [0.25, 0.3) is 5.95 Å². The molecule has 2 N–H and O–H groups in total. The summed E-state index contributed by atoms with van der Waals surface area (Å²) in [5.74, 6) is 0.525. The molecule has 0 bridgehead atoms. The number of aromatic nitrogens is 5. The van der Waals surface area contributed by atoms with E-state index in [1.54, 1.807) is 10.8 Å². The van der Waals surface area contributed by atoms with E-state index in [0.717, 1.165) is 5.69 Å². The second-order valence-electron chi connectivity index (χ2n) is 2.58. The lowest BCUT2D eigenvalue weighted by atomic mass is 10.4. The molecule has 0 saturated heterocycles. The second kappa shape index (κ2) is 2.81. The predicted octanol–water partition coefficient (Wildman–Crippen LogP) is -0.0521. The molecule has 0 aromatic carbocycles. The molecule has 0 saturated carbocycles. The molecule has 0 amide bonds. The van der Waals surface area contributed by atoms with E-state index >= 15 is 0 Å². The van der Waals surface area contributed by atoms with E-state index in [0.29, 0.717) is 11.6 Å². The van der Waals surface area contributed by atoms with Crippen molar-refractivity contribution in [3.8, 4) is 5.95 Å². The Labute approximate surface area is 74.5 Å². The standard InChI is InChI=1S/C7H8N6/c1-5-6(8)2-9-7(12-5)13-3-10-11-4-13/h2-4H,8H2,1H3. The van der Waals surface area contributed by atoms with Crippen LogP contribution in [0.2, 0.25) is 0 Å². The maximum Gasteiger partial charge on any atom is 0.236 e. The van der Waals surface area contributed by atoms with Gasteiger partial charge in [0.15, 0.2) is 0 Å². The molecule has 13 heavy (non-hydrogen) atoms. The Morgan fingerprint density at radius 1 is 1.31 bits per heavy atom. The van der Waals surface area contributed by atoms with Crippen LogP contribution in [0.5, 0.6) is 0 Å². The van der Waals surface area contributed by atoms with E-state index in [4.69, 9.17) is 5.73 Å². The number of nitrogens with zero attached hydrogens (tertiary/aromatic N) is 5. The summed E-state index contributed by atoms with van der Waals surface area (Å²) in [7, 11) is 0. The van der Waals surface area contributed by atoms with Crippen LogP contribution in [0.3, 0.4) is 0 Å². The smallest absolute Gasteiger partial charge is 0.236 e. The van der Waals surface area contributed by atoms with Crippen LogP contribution in [0.1, 0.15) is 5.69 Å². The fourth-order valence-electron chi connectivity index (χ4n) is 0.893. The number of anilines is 1. The number of aryl methyl sites for hydroxylation is 1. The molecule has 2 rings (SSSR count). The number of hydrogen-bond acceptors (Lipinski definition) is 5. The Morgan fingerprint density at radius 3 is 2.62 bits per heavy atom. The number of hydrogen-bond donors (Lipinski definition) is 1. The number of rotatable bonds is 1. The van der Waals surface area contributed by atoms with E-state index in [1.807, 2.05) is 6.92 Å². The molecule has 6 heteroatoms. The van der Waals surface area contributed by atoms with Gasteiger partial charge in [-0.05, 0) is 6.92 Å². The highest BCUT2D eigenvalue weighted by molar-refractivity contribution is 5.40. The van der Waals surface area contributed by atoms with Gasteiger partial charge in [0, 0.05) is 0 Å². The highest BCUT2D eigenvalue weighted by Gasteiger charge is 2.01. The van der Waals surface area contributed by atoms with Crippen molar-refractivity contribution in [3.05, 3.63) is 24.5 Å². The first-order valence-corrected chi connectivity index (χ1v) is 3.71. The van der Waals surface area contributed by atoms with Gasteiger partial charge in [-0.1, -0.05) is 0 Å². The van der Waals surface area contributed by atoms with E-state index in [-0.39, 0.29) is 0 Å². The summed E-state index contributed by atoms with van der Waals surface area (Å²) in [4.78, 5) is 8.19. The Bertz CT molecular complexity index is 407. The first kappa shape index (κ1) is 7.66. The van der Waals surface area contributed by atoms with Crippen molar-refractivity contribution in [2.24, 2.45) is 0 Å². The summed E-state index contributed by atoms with van der Waals surface area (Å²) < 4.78 is 1.62. The van der Waals surface area contributed by atoms with Crippen molar-refractivity contribution >= 4 is 5.69 Å². The molecule has 6 nitrogen and oxygen atoms in total.